The number of pyridine rings is 1. The molecular formula is C16H26N2O2. The molecule has 20 heavy (non-hydrogen) atoms. The van der Waals surface area contributed by atoms with Crippen LogP contribution in [0.3, 0.4) is 0 Å². The van der Waals surface area contributed by atoms with Gasteiger partial charge in [-0.15, -0.1) is 0 Å². The second-order valence-electron chi connectivity index (χ2n) is 6.01. The fourth-order valence-electron chi connectivity index (χ4n) is 2.22. The zero-order valence-corrected chi connectivity index (χ0v) is 13.2. The summed E-state index contributed by atoms with van der Waals surface area (Å²) in [5.74, 6) is 0.913. The van der Waals surface area contributed by atoms with Gasteiger partial charge >= 0.3 is 5.97 Å². The van der Waals surface area contributed by atoms with E-state index < -0.39 is 0 Å². The van der Waals surface area contributed by atoms with Gasteiger partial charge in [0, 0.05) is 25.8 Å². The standard InChI is InChI=1S/C16H26N2O2/c1-12(2)9-18(10-13(3)4)11-15-7-6-14(8-17-15)16(19)20-5/h6-8,12-13H,9-11H2,1-5H3. The third kappa shape index (κ3) is 5.70. The fraction of sp³-hybridized carbons (Fsp3) is 0.625. The molecule has 0 atom stereocenters. The Balaban J connectivity index is 2.70. The first-order valence-electron chi connectivity index (χ1n) is 7.18. The van der Waals surface area contributed by atoms with Crippen molar-refractivity contribution in [3.63, 3.8) is 0 Å². The third-order valence-corrected chi connectivity index (χ3v) is 2.88. The highest BCUT2D eigenvalue weighted by Crippen LogP contribution is 2.09. The Kier molecular flexibility index (Phi) is 6.65. The van der Waals surface area contributed by atoms with Gasteiger partial charge < -0.3 is 4.74 Å². The lowest BCUT2D eigenvalue weighted by Crippen LogP contribution is -2.31. The van der Waals surface area contributed by atoms with Gasteiger partial charge in [0.1, 0.15) is 0 Å². The average Bonchev–Trinajstić information content (AvgIpc) is 2.37. The van der Waals surface area contributed by atoms with E-state index in [1.165, 1.54) is 7.11 Å². The molecule has 1 aromatic heterocycles. The number of carbonyl (C=O) groups excluding carboxylic acids is 1. The van der Waals surface area contributed by atoms with E-state index in [1.807, 2.05) is 6.07 Å². The summed E-state index contributed by atoms with van der Waals surface area (Å²) in [5, 5.41) is 0. The van der Waals surface area contributed by atoms with Gasteiger partial charge in [-0.05, 0) is 24.0 Å². The van der Waals surface area contributed by atoms with E-state index in [0.29, 0.717) is 17.4 Å². The number of nitrogens with zero attached hydrogens (tertiary/aromatic N) is 2. The summed E-state index contributed by atoms with van der Waals surface area (Å²) < 4.78 is 4.67. The second kappa shape index (κ2) is 8.00. The first-order valence-corrected chi connectivity index (χ1v) is 7.18. The number of ether oxygens (including phenoxy) is 1. The summed E-state index contributed by atoms with van der Waals surface area (Å²) in [6.45, 7) is 11.8. The Hall–Kier alpha value is -1.42. The number of esters is 1. The maximum Gasteiger partial charge on any atom is 0.339 e. The molecule has 0 aliphatic carbocycles. The van der Waals surface area contributed by atoms with Crippen LogP contribution in [-0.4, -0.2) is 36.1 Å². The molecule has 0 N–H and O–H groups in total. The van der Waals surface area contributed by atoms with Crippen molar-refractivity contribution < 1.29 is 9.53 Å². The summed E-state index contributed by atoms with van der Waals surface area (Å²) in [7, 11) is 1.38. The molecule has 1 rings (SSSR count). The van der Waals surface area contributed by atoms with Gasteiger partial charge in [0.15, 0.2) is 0 Å². The minimum atomic E-state index is -0.342. The highest BCUT2D eigenvalue weighted by molar-refractivity contribution is 5.88. The zero-order valence-electron chi connectivity index (χ0n) is 13.2. The smallest absolute Gasteiger partial charge is 0.339 e. The maximum atomic E-state index is 11.4. The SMILES string of the molecule is COC(=O)c1ccc(CN(CC(C)C)CC(C)C)nc1. The Morgan fingerprint density at radius 3 is 2.20 bits per heavy atom. The Morgan fingerprint density at radius 2 is 1.80 bits per heavy atom. The molecule has 0 fully saturated rings. The molecule has 0 amide bonds. The number of hydrogen-bond acceptors (Lipinski definition) is 4. The number of rotatable bonds is 7. The molecule has 1 heterocycles. The summed E-state index contributed by atoms with van der Waals surface area (Å²) in [6.07, 6.45) is 1.59. The molecule has 0 bridgehead atoms. The topological polar surface area (TPSA) is 42.4 Å². The summed E-state index contributed by atoms with van der Waals surface area (Å²) in [4.78, 5) is 18.1. The monoisotopic (exact) mass is 278 g/mol. The van der Waals surface area contributed by atoms with E-state index >= 15 is 0 Å². The molecule has 1 aromatic rings. The fourth-order valence-corrected chi connectivity index (χ4v) is 2.22. The van der Waals surface area contributed by atoms with Crippen molar-refractivity contribution in [1.82, 2.24) is 9.88 Å². The van der Waals surface area contributed by atoms with Gasteiger partial charge in [-0.25, -0.2) is 4.79 Å². The van der Waals surface area contributed by atoms with Crippen LogP contribution in [-0.2, 0) is 11.3 Å². The minimum absolute atomic E-state index is 0.342. The van der Waals surface area contributed by atoms with Crippen molar-refractivity contribution in [2.24, 2.45) is 11.8 Å². The maximum absolute atomic E-state index is 11.4. The van der Waals surface area contributed by atoms with Gasteiger partial charge in [-0.3, -0.25) is 9.88 Å². The lowest BCUT2D eigenvalue weighted by Gasteiger charge is -2.25. The predicted octanol–water partition coefficient (Wildman–Crippen LogP) is 2.98. The van der Waals surface area contributed by atoms with Crippen LogP contribution in [0.25, 0.3) is 0 Å². The first-order chi connectivity index (χ1) is 9.42. The van der Waals surface area contributed by atoms with Gasteiger partial charge in [0.25, 0.3) is 0 Å². The molecule has 112 valence electrons. The molecule has 0 aliphatic rings. The number of methoxy groups -OCH3 is 1. The van der Waals surface area contributed by atoms with Crippen LogP contribution >= 0.6 is 0 Å². The van der Waals surface area contributed by atoms with Crippen molar-refractivity contribution in [2.45, 2.75) is 34.2 Å². The molecule has 0 aromatic carbocycles. The highest BCUT2D eigenvalue weighted by atomic mass is 16.5. The normalized spacial score (nSPS) is 11.4. The number of aromatic nitrogens is 1. The second-order valence-corrected chi connectivity index (χ2v) is 6.01. The average molecular weight is 278 g/mol. The van der Waals surface area contributed by atoms with Crippen molar-refractivity contribution in [2.75, 3.05) is 20.2 Å². The van der Waals surface area contributed by atoms with Crippen LogP contribution in [0.15, 0.2) is 18.3 Å². The largest absolute Gasteiger partial charge is 0.465 e. The summed E-state index contributed by atoms with van der Waals surface area (Å²) in [5.41, 5.74) is 1.48. The van der Waals surface area contributed by atoms with Gasteiger partial charge in [0.2, 0.25) is 0 Å². The van der Waals surface area contributed by atoms with Crippen LogP contribution in [0.4, 0.5) is 0 Å². The molecule has 0 saturated carbocycles. The van der Waals surface area contributed by atoms with Crippen LogP contribution < -0.4 is 0 Å². The van der Waals surface area contributed by atoms with Crippen molar-refractivity contribution in [3.8, 4) is 0 Å². The van der Waals surface area contributed by atoms with Gasteiger partial charge in [-0.2, -0.15) is 0 Å². The molecule has 0 aliphatic heterocycles. The summed E-state index contributed by atoms with van der Waals surface area (Å²) >= 11 is 0. The van der Waals surface area contributed by atoms with E-state index in [2.05, 4.69) is 42.3 Å². The zero-order chi connectivity index (χ0) is 15.1. The number of carbonyl (C=O) groups is 1. The lowest BCUT2D eigenvalue weighted by atomic mass is 10.1. The number of hydrogen-bond donors (Lipinski definition) is 0. The van der Waals surface area contributed by atoms with Crippen molar-refractivity contribution in [3.05, 3.63) is 29.6 Å². The van der Waals surface area contributed by atoms with Gasteiger partial charge in [-0.1, -0.05) is 27.7 Å². The molecular weight excluding hydrogens is 252 g/mol. The quantitative estimate of drug-likeness (QED) is 0.719. The van der Waals surface area contributed by atoms with Crippen LogP contribution in [0.2, 0.25) is 0 Å². The summed E-state index contributed by atoms with van der Waals surface area (Å²) in [6, 6.07) is 3.68. The van der Waals surface area contributed by atoms with E-state index in [0.717, 1.165) is 25.3 Å². The van der Waals surface area contributed by atoms with E-state index in [4.69, 9.17) is 0 Å². The molecule has 4 nitrogen and oxygen atoms in total. The molecule has 0 saturated heterocycles. The molecule has 4 heteroatoms. The van der Waals surface area contributed by atoms with Crippen LogP contribution in [0.1, 0.15) is 43.7 Å². The van der Waals surface area contributed by atoms with E-state index in [1.54, 1.807) is 12.3 Å². The predicted molar refractivity (Wildman–Crippen MR) is 80.5 cm³/mol. The van der Waals surface area contributed by atoms with Crippen molar-refractivity contribution in [1.29, 1.82) is 0 Å². The van der Waals surface area contributed by atoms with E-state index in [9.17, 15) is 4.79 Å². The van der Waals surface area contributed by atoms with Crippen molar-refractivity contribution >= 4 is 5.97 Å². The highest BCUT2D eigenvalue weighted by Gasteiger charge is 2.12. The molecule has 0 unspecified atom stereocenters. The van der Waals surface area contributed by atoms with Crippen LogP contribution in [0.5, 0.6) is 0 Å². The molecule has 0 spiro atoms. The third-order valence-electron chi connectivity index (χ3n) is 2.88. The first kappa shape index (κ1) is 16.6. The van der Waals surface area contributed by atoms with Crippen LogP contribution in [0, 0.1) is 11.8 Å². The minimum Gasteiger partial charge on any atom is -0.465 e. The van der Waals surface area contributed by atoms with Gasteiger partial charge in [0.05, 0.1) is 18.4 Å². The molecule has 0 radical (unpaired) electrons. The van der Waals surface area contributed by atoms with E-state index in [-0.39, 0.29) is 5.97 Å². The Morgan fingerprint density at radius 1 is 1.20 bits per heavy atom. The Bertz CT molecular complexity index is 403. The Labute approximate surface area is 122 Å². The lowest BCUT2D eigenvalue weighted by molar-refractivity contribution is 0.0600.